The van der Waals surface area contributed by atoms with Crippen LogP contribution in [0, 0.1) is 6.92 Å². The molecular weight excluding hydrogens is 418 g/mol. The number of carbonyl (C=O) groups is 1. The number of carbonyl (C=O) groups excluding carboxylic acids is 1. The smallest absolute Gasteiger partial charge is 0.249 e. The summed E-state index contributed by atoms with van der Waals surface area (Å²) < 4.78 is 5.40. The van der Waals surface area contributed by atoms with Gasteiger partial charge in [0, 0.05) is 42.1 Å². The molecule has 0 unspecified atom stereocenters. The van der Waals surface area contributed by atoms with Crippen molar-refractivity contribution >= 4 is 29.3 Å². The van der Waals surface area contributed by atoms with Crippen molar-refractivity contribution in [2.45, 2.75) is 25.4 Å². The van der Waals surface area contributed by atoms with Crippen LogP contribution in [-0.2, 0) is 9.53 Å². The Hall–Kier alpha value is -2.68. The van der Waals surface area contributed by atoms with Crippen LogP contribution in [0.1, 0.15) is 23.6 Å². The van der Waals surface area contributed by atoms with Crippen LogP contribution >= 0.6 is 11.6 Å². The molecule has 31 heavy (non-hydrogen) atoms. The van der Waals surface area contributed by atoms with Crippen LogP contribution in [0.25, 0.3) is 0 Å². The highest BCUT2D eigenvalue weighted by atomic mass is 35.5. The predicted molar refractivity (Wildman–Crippen MR) is 119 cm³/mol. The molecule has 4 rings (SSSR count). The number of benzene rings is 1. The number of anilines is 2. The molecule has 8 nitrogen and oxygen atoms in total. The second-order valence-electron chi connectivity index (χ2n) is 7.78. The lowest BCUT2D eigenvalue weighted by atomic mass is 10.1. The van der Waals surface area contributed by atoms with Crippen LogP contribution in [0.3, 0.4) is 0 Å². The molecule has 2 aromatic rings. The minimum absolute atomic E-state index is 0.213. The van der Waals surface area contributed by atoms with Gasteiger partial charge in [0.05, 0.1) is 25.3 Å². The van der Waals surface area contributed by atoms with Crippen molar-refractivity contribution in [1.82, 2.24) is 15.3 Å². The molecule has 2 aliphatic rings. The van der Waals surface area contributed by atoms with Crippen LogP contribution in [-0.4, -0.2) is 59.9 Å². The number of aliphatic hydroxyl groups is 1. The lowest BCUT2D eigenvalue weighted by molar-refractivity contribution is -0.118. The highest BCUT2D eigenvalue weighted by Gasteiger charge is 2.25. The molecule has 164 valence electrons. The third kappa shape index (κ3) is 5.15. The van der Waals surface area contributed by atoms with Crippen LogP contribution in [0.4, 0.5) is 11.8 Å². The number of amides is 1. The number of rotatable bonds is 7. The summed E-state index contributed by atoms with van der Waals surface area (Å²) in [6, 6.07) is 6.82. The van der Waals surface area contributed by atoms with E-state index in [-0.39, 0.29) is 18.6 Å². The fraction of sp³-hybridized carbons (Fsp3) is 0.409. The summed E-state index contributed by atoms with van der Waals surface area (Å²) in [5, 5.41) is 16.5. The van der Waals surface area contributed by atoms with Gasteiger partial charge in [-0.3, -0.25) is 4.79 Å². The molecule has 0 bridgehead atoms. The Balaban J connectivity index is 1.40. The van der Waals surface area contributed by atoms with E-state index < -0.39 is 6.04 Å². The molecule has 1 aromatic heterocycles. The standard InChI is InChI=1S/C22H26ClN5O3/c1-14-10-24-22(25-18-6-8-31-13-18)27-20(14)28-7-5-16(11-28)21(30)26-19(12-29)15-3-2-4-17(23)9-15/h2-5,9-10,18-19,29H,6-8,11-13H2,1H3,(H,26,30)(H,24,25,27)/t18-,19+/m0/s1. The second-order valence-corrected chi connectivity index (χ2v) is 8.22. The summed E-state index contributed by atoms with van der Waals surface area (Å²) in [6.45, 7) is 4.15. The molecule has 0 radical (unpaired) electrons. The van der Waals surface area contributed by atoms with E-state index >= 15 is 0 Å². The number of hydrogen-bond acceptors (Lipinski definition) is 7. The van der Waals surface area contributed by atoms with E-state index in [1.807, 2.05) is 24.0 Å². The maximum absolute atomic E-state index is 12.8. The zero-order valence-corrected chi connectivity index (χ0v) is 18.1. The Morgan fingerprint density at radius 1 is 1.45 bits per heavy atom. The number of aliphatic hydroxyl groups excluding tert-OH is 1. The summed E-state index contributed by atoms with van der Waals surface area (Å²) in [6.07, 6.45) is 4.61. The van der Waals surface area contributed by atoms with E-state index in [9.17, 15) is 9.90 Å². The molecule has 0 aliphatic carbocycles. The minimum atomic E-state index is -0.522. The van der Waals surface area contributed by atoms with Gasteiger partial charge in [0.15, 0.2) is 0 Å². The molecule has 1 aromatic carbocycles. The molecule has 1 saturated heterocycles. The summed E-state index contributed by atoms with van der Waals surface area (Å²) in [7, 11) is 0. The van der Waals surface area contributed by atoms with Crippen LogP contribution < -0.4 is 15.5 Å². The number of aryl methyl sites for hydroxylation is 1. The molecule has 1 amide bonds. The number of aromatic nitrogens is 2. The molecule has 2 atom stereocenters. The Morgan fingerprint density at radius 3 is 3.06 bits per heavy atom. The predicted octanol–water partition coefficient (Wildman–Crippen LogP) is 2.24. The summed E-state index contributed by atoms with van der Waals surface area (Å²) >= 11 is 6.04. The van der Waals surface area contributed by atoms with Crippen molar-refractivity contribution < 1.29 is 14.6 Å². The van der Waals surface area contributed by atoms with Crippen LogP contribution in [0.5, 0.6) is 0 Å². The second kappa shape index (κ2) is 9.64. The van der Waals surface area contributed by atoms with Gasteiger partial charge in [0.25, 0.3) is 0 Å². The summed E-state index contributed by atoms with van der Waals surface area (Å²) in [5.41, 5.74) is 2.34. The van der Waals surface area contributed by atoms with Gasteiger partial charge in [-0.25, -0.2) is 4.98 Å². The average molecular weight is 444 g/mol. The van der Waals surface area contributed by atoms with Gasteiger partial charge in [-0.1, -0.05) is 29.8 Å². The Morgan fingerprint density at radius 2 is 2.32 bits per heavy atom. The Labute approximate surface area is 186 Å². The zero-order chi connectivity index (χ0) is 21.8. The lowest BCUT2D eigenvalue weighted by Crippen LogP contribution is -2.34. The van der Waals surface area contributed by atoms with Gasteiger partial charge in [-0.15, -0.1) is 0 Å². The fourth-order valence-electron chi connectivity index (χ4n) is 3.74. The summed E-state index contributed by atoms with van der Waals surface area (Å²) in [4.78, 5) is 23.9. The highest BCUT2D eigenvalue weighted by molar-refractivity contribution is 6.30. The number of nitrogens with zero attached hydrogens (tertiary/aromatic N) is 3. The third-order valence-corrected chi connectivity index (χ3v) is 5.69. The molecule has 3 heterocycles. The van der Waals surface area contributed by atoms with E-state index in [0.717, 1.165) is 30.0 Å². The molecule has 1 fully saturated rings. The first kappa shape index (κ1) is 21.5. The monoisotopic (exact) mass is 443 g/mol. The zero-order valence-electron chi connectivity index (χ0n) is 17.3. The van der Waals surface area contributed by atoms with E-state index in [0.29, 0.717) is 36.2 Å². The van der Waals surface area contributed by atoms with Gasteiger partial charge in [0.2, 0.25) is 11.9 Å². The third-order valence-electron chi connectivity index (χ3n) is 5.46. The van der Waals surface area contributed by atoms with Crippen molar-refractivity contribution in [2.24, 2.45) is 0 Å². The average Bonchev–Trinajstić information content (AvgIpc) is 3.45. The summed E-state index contributed by atoms with van der Waals surface area (Å²) in [5.74, 6) is 1.15. The first-order chi connectivity index (χ1) is 15.0. The maximum Gasteiger partial charge on any atom is 0.249 e. The van der Waals surface area contributed by atoms with Crippen LogP contribution in [0.2, 0.25) is 5.02 Å². The van der Waals surface area contributed by atoms with Crippen molar-refractivity contribution in [1.29, 1.82) is 0 Å². The van der Waals surface area contributed by atoms with Gasteiger partial charge in [-0.2, -0.15) is 4.98 Å². The highest BCUT2D eigenvalue weighted by Crippen LogP contribution is 2.24. The van der Waals surface area contributed by atoms with Crippen molar-refractivity contribution in [2.75, 3.05) is 43.1 Å². The fourth-order valence-corrected chi connectivity index (χ4v) is 3.94. The van der Waals surface area contributed by atoms with E-state index in [1.165, 1.54) is 0 Å². The molecule has 9 heteroatoms. The van der Waals surface area contributed by atoms with Crippen molar-refractivity contribution in [3.63, 3.8) is 0 Å². The minimum Gasteiger partial charge on any atom is -0.394 e. The van der Waals surface area contributed by atoms with E-state index in [4.69, 9.17) is 16.3 Å². The largest absolute Gasteiger partial charge is 0.394 e. The van der Waals surface area contributed by atoms with E-state index in [2.05, 4.69) is 20.6 Å². The molecule has 3 N–H and O–H groups in total. The normalized spacial score (nSPS) is 19.3. The Kier molecular flexibility index (Phi) is 6.70. The first-order valence-corrected chi connectivity index (χ1v) is 10.7. The van der Waals surface area contributed by atoms with Crippen molar-refractivity contribution in [3.05, 3.63) is 58.3 Å². The first-order valence-electron chi connectivity index (χ1n) is 10.3. The maximum atomic E-state index is 12.8. The van der Waals surface area contributed by atoms with Gasteiger partial charge in [0.1, 0.15) is 5.82 Å². The molecule has 0 saturated carbocycles. The molecular formula is C22H26ClN5O3. The quantitative estimate of drug-likeness (QED) is 0.603. The van der Waals surface area contributed by atoms with E-state index in [1.54, 1.807) is 24.4 Å². The number of nitrogens with one attached hydrogen (secondary N) is 2. The van der Waals surface area contributed by atoms with Gasteiger partial charge < -0.3 is 25.4 Å². The van der Waals surface area contributed by atoms with Gasteiger partial charge >= 0.3 is 0 Å². The van der Waals surface area contributed by atoms with Gasteiger partial charge in [-0.05, 0) is 31.0 Å². The topological polar surface area (TPSA) is 99.6 Å². The number of hydrogen-bond donors (Lipinski definition) is 3. The molecule has 2 aliphatic heterocycles. The Bertz CT molecular complexity index is 977. The number of ether oxygens (including phenoxy) is 1. The lowest BCUT2D eigenvalue weighted by Gasteiger charge is -2.21. The SMILES string of the molecule is Cc1cnc(N[C@H]2CCOC2)nc1N1CC=C(C(=O)N[C@H](CO)c2cccc(Cl)c2)C1. The number of halogens is 1. The van der Waals surface area contributed by atoms with Crippen molar-refractivity contribution in [3.8, 4) is 0 Å². The molecule has 0 spiro atoms. The van der Waals surface area contributed by atoms with Crippen LogP contribution in [0.15, 0.2) is 42.1 Å².